The van der Waals surface area contributed by atoms with E-state index in [-0.39, 0.29) is 11.8 Å². The summed E-state index contributed by atoms with van der Waals surface area (Å²) in [6.07, 6.45) is 6.65. The first kappa shape index (κ1) is 13.1. The van der Waals surface area contributed by atoms with Crippen molar-refractivity contribution < 1.29 is 4.79 Å². The van der Waals surface area contributed by atoms with Crippen LogP contribution in [0.5, 0.6) is 0 Å². The largest absolute Gasteiger partial charge is 0.326 e. The van der Waals surface area contributed by atoms with Crippen LogP contribution in [0.4, 0.5) is 5.69 Å². The van der Waals surface area contributed by atoms with Gasteiger partial charge in [-0.3, -0.25) is 4.79 Å². The monoisotopic (exact) mass is 381 g/mol. The normalized spacial score (nSPS) is 38.0. The third kappa shape index (κ3) is 2.28. The van der Waals surface area contributed by atoms with Gasteiger partial charge in [-0.1, -0.05) is 6.07 Å². The van der Waals surface area contributed by atoms with Crippen LogP contribution in [0.15, 0.2) is 24.3 Å². The minimum Gasteiger partial charge on any atom is -0.326 e. The van der Waals surface area contributed by atoms with Crippen LogP contribution in [0, 0.1) is 33.2 Å². The molecular weight excluding hydrogens is 361 g/mol. The maximum atomic E-state index is 12.7. The molecular formula is C17H20INO. The van der Waals surface area contributed by atoms with Gasteiger partial charge in [0.1, 0.15) is 0 Å². The molecule has 0 radical (unpaired) electrons. The number of nitrogens with one attached hydrogen (secondary N) is 1. The highest BCUT2D eigenvalue weighted by molar-refractivity contribution is 14.1. The Morgan fingerprint density at radius 2 is 1.70 bits per heavy atom. The second-order valence-corrected chi connectivity index (χ2v) is 8.20. The Labute approximate surface area is 133 Å². The molecule has 1 N–H and O–H groups in total. The first-order valence-corrected chi connectivity index (χ1v) is 8.83. The van der Waals surface area contributed by atoms with Gasteiger partial charge < -0.3 is 5.32 Å². The molecule has 4 saturated carbocycles. The van der Waals surface area contributed by atoms with E-state index in [9.17, 15) is 4.79 Å². The summed E-state index contributed by atoms with van der Waals surface area (Å²) < 4.78 is 1.17. The molecule has 3 heteroatoms. The fourth-order valence-corrected chi connectivity index (χ4v) is 5.69. The van der Waals surface area contributed by atoms with E-state index in [2.05, 4.69) is 40.0 Å². The van der Waals surface area contributed by atoms with Crippen molar-refractivity contribution in [3.05, 3.63) is 27.8 Å². The molecule has 0 aliphatic heterocycles. The summed E-state index contributed by atoms with van der Waals surface area (Å²) in [5, 5.41) is 3.17. The molecule has 4 fully saturated rings. The average molecular weight is 381 g/mol. The minimum absolute atomic E-state index is 0.278. The Morgan fingerprint density at radius 1 is 1.05 bits per heavy atom. The van der Waals surface area contributed by atoms with Crippen LogP contribution in [0.3, 0.4) is 0 Å². The summed E-state index contributed by atoms with van der Waals surface area (Å²) in [6.45, 7) is 0. The molecule has 4 aliphatic rings. The number of halogens is 1. The highest BCUT2D eigenvalue weighted by atomic mass is 127. The van der Waals surface area contributed by atoms with Crippen molar-refractivity contribution in [1.29, 1.82) is 0 Å². The molecule has 0 atom stereocenters. The molecule has 4 aliphatic carbocycles. The van der Waals surface area contributed by atoms with Crippen LogP contribution in [0.2, 0.25) is 0 Å². The van der Waals surface area contributed by atoms with Crippen LogP contribution >= 0.6 is 22.6 Å². The maximum absolute atomic E-state index is 12.7. The second kappa shape index (κ2) is 5.00. The van der Waals surface area contributed by atoms with Gasteiger partial charge in [0.25, 0.3) is 0 Å². The van der Waals surface area contributed by atoms with E-state index in [1.165, 1.54) is 35.7 Å². The third-order valence-electron chi connectivity index (χ3n) is 5.62. The van der Waals surface area contributed by atoms with E-state index in [0.29, 0.717) is 11.8 Å². The second-order valence-electron chi connectivity index (χ2n) is 6.96. The highest BCUT2D eigenvalue weighted by Gasteiger charge is 2.50. The summed E-state index contributed by atoms with van der Waals surface area (Å²) in [6, 6.07) is 8.11. The van der Waals surface area contributed by atoms with Crippen LogP contribution in [-0.2, 0) is 4.79 Å². The minimum atomic E-state index is 0.278. The molecule has 1 aromatic rings. The van der Waals surface area contributed by atoms with Crippen LogP contribution in [0.1, 0.15) is 32.1 Å². The lowest BCUT2D eigenvalue weighted by molar-refractivity contribution is -0.132. The topological polar surface area (TPSA) is 29.1 Å². The van der Waals surface area contributed by atoms with Gasteiger partial charge in [-0.15, -0.1) is 0 Å². The zero-order chi connectivity index (χ0) is 13.7. The van der Waals surface area contributed by atoms with Gasteiger partial charge in [0.15, 0.2) is 0 Å². The first-order valence-electron chi connectivity index (χ1n) is 7.75. The lowest BCUT2D eigenvalue weighted by Crippen LogP contribution is -2.49. The number of rotatable bonds is 2. The maximum Gasteiger partial charge on any atom is 0.228 e. The third-order valence-corrected chi connectivity index (χ3v) is 6.29. The van der Waals surface area contributed by atoms with Crippen molar-refractivity contribution in [3.8, 4) is 0 Å². The van der Waals surface area contributed by atoms with E-state index in [1.54, 1.807) is 0 Å². The quantitative estimate of drug-likeness (QED) is 0.761. The number of carbonyl (C=O) groups is 1. The number of hydrogen-bond acceptors (Lipinski definition) is 1. The number of carbonyl (C=O) groups excluding carboxylic acids is 1. The Balaban J connectivity index is 1.51. The van der Waals surface area contributed by atoms with Crippen LogP contribution in [0.25, 0.3) is 0 Å². The molecule has 0 saturated heterocycles. The van der Waals surface area contributed by atoms with Gasteiger partial charge in [0, 0.05) is 15.2 Å². The van der Waals surface area contributed by atoms with Gasteiger partial charge in [-0.05, 0) is 96.6 Å². The SMILES string of the molecule is O=C(Nc1cccc(I)c1)C1C2CC3CC(C2)CC1C3. The fourth-order valence-electron chi connectivity index (χ4n) is 5.15. The molecule has 5 rings (SSSR count). The van der Waals surface area contributed by atoms with Gasteiger partial charge in [0.05, 0.1) is 0 Å². The first-order chi connectivity index (χ1) is 9.69. The van der Waals surface area contributed by atoms with Crippen molar-refractivity contribution in [2.24, 2.45) is 29.6 Å². The van der Waals surface area contributed by atoms with Gasteiger partial charge in [0.2, 0.25) is 5.91 Å². The van der Waals surface area contributed by atoms with Gasteiger partial charge in [-0.25, -0.2) is 0 Å². The smallest absolute Gasteiger partial charge is 0.228 e. The number of hydrogen-bond donors (Lipinski definition) is 1. The number of anilines is 1. The number of amides is 1. The van der Waals surface area contributed by atoms with E-state index in [4.69, 9.17) is 0 Å². The summed E-state index contributed by atoms with van der Waals surface area (Å²) in [5.74, 6) is 3.74. The zero-order valence-electron chi connectivity index (χ0n) is 11.5. The zero-order valence-corrected chi connectivity index (χ0v) is 13.7. The fraction of sp³-hybridized carbons (Fsp3) is 0.588. The lowest BCUT2D eigenvalue weighted by Gasteiger charge is -2.53. The van der Waals surface area contributed by atoms with Gasteiger partial charge in [-0.2, -0.15) is 0 Å². The molecule has 4 bridgehead atoms. The van der Waals surface area contributed by atoms with E-state index in [1.807, 2.05) is 12.1 Å². The Kier molecular flexibility index (Phi) is 3.28. The van der Waals surface area contributed by atoms with Crippen LogP contribution in [-0.4, -0.2) is 5.91 Å². The highest BCUT2D eigenvalue weighted by Crippen LogP contribution is 2.56. The molecule has 0 unspecified atom stereocenters. The molecule has 0 aromatic heterocycles. The molecule has 106 valence electrons. The summed E-state index contributed by atoms with van der Waals surface area (Å²) in [7, 11) is 0. The molecule has 20 heavy (non-hydrogen) atoms. The lowest BCUT2D eigenvalue weighted by atomic mass is 9.51. The molecule has 0 spiro atoms. The molecule has 0 heterocycles. The molecule has 2 nitrogen and oxygen atoms in total. The van der Waals surface area contributed by atoms with Crippen LogP contribution < -0.4 is 5.32 Å². The van der Waals surface area contributed by atoms with Crippen molar-refractivity contribution in [2.45, 2.75) is 32.1 Å². The Hall–Kier alpha value is -0.580. The van der Waals surface area contributed by atoms with Crippen molar-refractivity contribution >= 4 is 34.2 Å². The summed E-state index contributed by atoms with van der Waals surface area (Å²) >= 11 is 2.29. The Morgan fingerprint density at radius 3 is 2.30 bits per heavy atom. The van der Waals surface area contributed by atoms with Crippen molar-refractivity contribution in [2.75, 3.05) is 5.32 Å². The van der Waals surface area contributed by atoms with Crippen molar-refractivity contribution in [3.63, 3.8) is 0 Å². The average Bonchev–Trinajstić information content (AvgIpc) is 2.37. The van der Waals surface area contributed by atoms with E-state index >= 15 is 0 Å². The number of benzene rings is 1. The summed E-state index contributed by atoms with van der Waals surface area (Å²) in [4.78, 5) is 12.7. The van der Waals surface area contributed by atoms with Crippen molar-refractivity contribution in [1.82, 2.24) is 0 Å². The summed E-state index contributed by atoms with van der Waals surface area (Å²) in [5.41, 5.74) is 0.954. The van der Waals surface area contributed by atoms with E-state index in [0.717, 1.165) is 17.5 Å². The predicted molar refractivity (Wildman–Crippen MR) is 88.3 cm³/mol. The predicted octanol–water partition coefficient (Wildman–Crippen LogP) is 4.30. The van der Waals surface area contributed by atoms with Gasteiger partial charge >= 0.3 is 0 Å². The van der Waals surface area contributed by atoms with E-state index < -0.39 is 0 Å². The molecule has 1 aromatic carbocycles. The standard InChI is InChI=1S/C17H20INO/c18-14-2-1-3-15(9-14)19-17(20)16-12-5-10-4-11(7-12)8-13(16)6-10/h1-3,9-13,16H,4-8H2,(H,19,20). The Bertz CT molecular complexity index is 514. The molecule has 1 amide bonds.